The van der Waals surface area contributed by atoms with Crippen molar-refractivity contribution in [2.45, 2.75) is 20.8 Å². The minimum Gasteiger partial charge on any atom is -0.490 e. The Bertz CT molecular complexity index is 622. The highest BCUT2D eigenvalue weighted by Gasteiger charge is 2.12. The minimum atomic E-state index is -0.103. The third-order valence-corrected chi connectivity index (χ3v) is 3.88. The normalized spacial score (nSPS) is 10.2. The maximum absolute atomic E-state index is 12.2. The molecule has 0 bridgehead atoms. The molecule has 0 aliphatic heterocycles. The summed E-state index contributed by atoms with van der Waals surface area (Å²) < 4.78 is 11.1. The molecule has 1 N–H and O–H groups in total. The summed E-state index contributed by atoms with van der Waals surface area (Å²) >= 11 is 1.43. The number of amides is 1. The molecule has 0 atom stereocenters. The van der Waals surface area contributed by atoms with Gasteiger partial charge in [0, 0.05) is 11.8 Å². The van der Waals surface area contributed by atoms with Gasteiger partial charge in [-0.25, -0.2) is 0 Å². The van der Waals surface area contributed by atoms with Crippen molar-refractivity contribution in [3.8, 4) is 11.5 Å². The van der Waals surface area contributed by atoms with Crippen LogP contribution in [0.4, 0.5) is 5.69 Å². The van der Waals surface area contributed by atoms with Crippen LogP contribution in [0.15, 0.2) is 29.6 Å². The quantitative estimate of drug-likeness (QED) is 0.874. The summed E-state index contributed by atoms with van der Waals surface area (Å²) in [6.07, 6.45) is 0. The van der Waals surface area contributed by atoms with Gasteiger partial charge in [0.05, 0.1) is 18.1 Å². The fraction of sp³-hybridized carbons (Fsp3) is 0.312. The number of hydrogen-bond donors (Lipinski definition) is 1. The number of carbonyl (C=O) groups excluding carboxylic acids is 1. The Balaban J connectivity index is 2.18. The van der Waals surface area contributed by atoms with Crippen molar-refractivity contribution in [2.24, 2.45) is 0 Å². The van der Waals surface area contributed by atoms with Crippen LogP contribution in [0.1, 0.15) is 29.1 Å². The van der Waals surface area contributed by atoms with Crippen LogP contribution in [0.2, 0.25) is 0 Å². The monoisotopic (exact) mass is 305 g/mol. The smallest absolute Gasteiger partial charge is 0.265 e. The maximum Gasteiger partial charge on any atom is 0.265 e. The molecule has 4 nitrogen and oxygen atoms in total. The van der Waals surface area contributed by atoms with E-state index in [1.165, 1.54) is 11.3 Å². The second-order valence-electron chi connectivity index (χ2n) is 4.41. The molecule has 1 amide bonds. The van der Waals surface area contributed by atoms with Gasteiger partial charge < -0.3 is 14.8 Å². The number of ether oxygens (including phenoxy) is 2. The fourth-order valence-corrected chi connectivity index (χ4v) is 2.74. The van der Waals surface area contributed by atoms with Crippen LogP contribution in [0.3, 0.4) is 0 Å². The molecule has 0 aliphatic rings. The van der Waals surface area contributed by atoms with E-state index in [-0.39, 0.29) is 5.91 Å². The first kappa shape index (κ1) is 15.4. The first-order chi connectivity index (χ1) is 10.2. The van der Waals surface area contributed by atoms with E-state index in [9.17, 15) is 4.79 Å². The lowest BCUT2D eigenvalue weighted by Gasteiger charge is -2.13. The second-order valence-corrected chi connectivity index (χ2v) is 5.33. The number of carbonyl (C=O) groups is 1. The van der Waals surface area contributed by atoms with Crippen molar-refractivity contribution in [3.63, 3.8) is 0 Å². The van der Waals surface area contributed by atoms with Gasteiger partial charge in [0.25, 0.3) is 5.91 Å². The van der Waals surface area contributed by atoms with Crippen LogP contribution >= 0.6 is 11.3 Å². The molecule has 1 aromatic heterocycles. The zero-order valence-electron chi connectivity index (χ0n) is 12.4. The Morgan fingerprint density at radius 1 is 1.14 bits per heavy atom. The molecule has 2 rings (SSSR count). The third kappa shape index (κ3) is 3.76. The van der Waals surface area contributed by atoms with Crippen LogP contribution in [-0.4, -0.2) is 19.1 Å². The van der Waals surface area contributed by atoms with Gasteiger partial charge in [0.15, 0.2) is 11.5 Å². The molecular formula is C16H19NO3S. The number of hydrogen-bond acceptors (Lipinski definition) is 4. The van der Waals surface area contributed by atoms with Gasteiger partial charge in [0.2, 0.25) is 0 Å². The molecule has 0 aliphatic carbocycles. The Hall–Kier alpha value is -2.01. The van der Waals surface area contributed by atoms with E-state index >= 15 is 0 Å². The predicted octanol–water partition coefficient (Wildman–Crippen LogP) is 4.11. The highest BCUT2D eigenvalue weighted by atomic mass is 32.1. The third-order valence-electron chi connectivity index (χ3n) is 2.87. The van der Waals surface area contributed by atoms with Crippen LogP contribution in [-0.2, 0) is 0 Å². The lowest BCUT2D eigenvalue weighted by Crippen LogP contribution is -2.11. The van der Waals surface area contributed by atoms with E-state index in [2.05, 4.69) is 5.32 Å². The summed E-state index contributed by atoms with van der Waals surface area (Å²) in [5, 5.41) is 4.80. The lowest BCUT2D eigenvalue weighted by atomic mass is 10.2. The number of anilines is 1. The highest BCUT2D eigenvalue weighted by Crippen LogP contribution is 2.31. The largest absolute Gasteiger partial charge is 0.490 e. The van der Waals surface area contributed by atoms with Crippen LogP contribution in [0, 0.1) is 6.92 Å². The first-order valence-electron chi connectivity index (χ1n) is 6.90. The van der Waals surface area contributed by atoms with Crippen LogP contribution in [0.5, 0.6) is 11.5 Å². The average Bonchev–Trinajstić information content (AvgIpc) is 2.88. The van der Waals surface area contributed by atoms with E-state index < -0.39 is 0 Å². The molecule has 1 aromatic carbocycles. The lowest BCUT2D eigenvalue weighted by molar-refractivity contribution is 0.103. The number of aryl methyl sites for hydroxylation is 1. The van der Waals surface area contributed by atoms with Crippen molar-refractivity contribution in [2.75, 3.05) is 18.5 Å². The molecule has 0 radical (unpaired) electrons. The standard InChI is InChI=1S/C16H19NO3S/c1-4-19-13-7-6-12(10-14(13)20-5-2)17-16(18)15-11(3)8-9-21-15/h6-10H,4-5H2,1-3H3,(H,17,18). The van der Waals surface area contributed by atoms with E-state index in [4.69, 9.17) is 9.47 Å². The summed E-state index contributed by atoms with van der Waals surface area (Å²) in [4.78, 5) is 12.9. The van der Waals surface area contributed by atoms with Crippen LogP contribution < -0.4 is 14.8 Å². The van der Waals surface area contributed by atoms with Gasteiger partial charge >= 0.3 is 0 Å². The van der Waals surface area contributed by atoms with Crippen molar-refractivity contribution >= 4 is 22.9 Å². The van der Waals surface area contributed by atoms with E-state index in [1.807, 2.05) is 44.4 Å². The van der Waals surface area contributed by atoms with Gasteiger partial charge in [-0.15, -0.1) is 11.3 Å². The zero-order valence-corrected chi connectivity index (χ0v) is 13.3. The minimum absolute atomic E-state index is 0.103. The Labute approximate surface area is 128 Å². The first-order valence-corrected chi connectivity index (χ1v) is 7.78. The summed E-state index contributed by atoms with van der Waals surface area (Å²) in [7, 11) is 0. The van der Waals surface area contributed by atoms with E-state index in [0.717, 1.165) is 10.4 Å². The van der Waals surface area contributed by atoms with Crippen molar-refractivity contribution in [3.05, 3.63) is 40.1 Å². The predicted molar refractivity (Wildman–Crippen MR) is 85.8 cm³/mol. The molecule has 2 aromatic rings. The second kappa shape index (κ2) is 7.13. The van der Waals surface area contributed by atoms with E-state index in [1.54, 1.807) is 6.07 Å². The molecule has 0 unspecified atom stereocenters. The van der Waals surface area contributed by atoms with Crippen molar-refractivity contribution < 1.29 is 14.3 Å². The van der Waals surface area contributed by atoms with Gasteiger partial charge in [-0.05, 0) is 49.9 Å². The molecule has 0 spiro atoms. The topological polar surface area (TPSA) is 47.6 Å². The SMILES string of the molecule is CCOc1ccc(NC(=O)c2sccc2C)cc1OCC. The Kier molecular flexibility index (Phi) is 5.22. The number of benzene rings is 1. The zero-order chi connectivity index (χ0) is 15.2. The molecule has 112 valence electrons. The summed E-state index contributed by atoms with van der Waals surface area (Å²) in [6.45, 7) is 6.87. The molecule has 0 saturated carbocycles. The fourth-order valence-electron chi connectivity index (χ4n) is 1.92. The maximum atomic E-state index is 12.2. The average molecular weight is 305 g/mol. The summed E-state index contributed by atoms with van der Waals surface area (Å²) in [5.74, 6) is 1.22. The van der Waals surface area contributed by atoms with Crippen molar-refractivity contribution in [1.29, 1.82) is 0 Å². The highest BCUT2D eigenvalue weighted by molar-refractivity contribution is 7.12. The Morgan fingerprint density at radius 2 is 1.86 bits per heavy atom. The van der Waals surface area contributed by atoms with Gasteiger partial charge in [-0.2, -0.15) is 0 Å². The molecule has 5 heteroatoms. The van der Waals surface area contributed by atoms with Crippen molar-refractivity contribution in [1.82, 2.24) is 0 Å². The van der Waals surface area contributed by atoms with Gasteiger partial charge in [-0.1, -0.05) is 0 Å². The Morgan fingerprint density at radius 3 is 2.48 bits per heavy atom. The van der Waals surface area contributed by atoms with Gasteiger partial charge in [-0.3, -0.25) is 4.79 Å². The number of thiophene rings is 1. The summed E-state index contributed by atoms with van der Waals surface area (Å²) in [5.41, 5.74) is 1.67. The number of nitrogens with one attached hydrogen (secondary N) is 1. The summed E-state index contributed by atoms with van der Waals surface area (Å²) in [6, 6.07) is 7.35. The molecule has 21 heavy (non-hydrogen) atoms. The molecular weight excluding hydrogens is 286 g/mol. The van der Waals surface area contributed by atoms with Gasteiger partial charge in [0.1, 0.15) is 0 Å². The number of rotatable bonds is 6. The molecule has 0 fully saturated rings. The molecule has 0 saturated heterocycles. The van der Waals surface area contributed by atoms with Crippen LogP contribution in [0.25, 0.3) is 0 Å². The molecule has 1 heterocycles. The van der Waals surface area contributed by atoms with E-state index in [0.29, 0.717) is 30.4 Å².